The minimum Gasteiger partial charge on any atom is -0.448 e. The van der Waals surface area contributed by atoms with E-state index in [4.69, 9.17) is 4.74 Å². The minimum atomic E-state index is -0.984. The average molecular weight is 370 g/mol. The number of amides is 1. The van der Waals surface area contributed by atoms with Gasteiger partial charge in [-0.05, 0) is 31.2 Å². The largest absolute Gasteiger partial charge is 0.448 e. The number of fused-ring (bicyclic) bond motifs is 1. The summed E-state index contributed by atoms with van der Waals surface area (Å²) in [5.41, 5.74) is 0.556. The molecule has 0 radical (unpaired) electrons. The molecule has 0 saturated heterocycles. The molecule has 1 amide bonds. The summed E-state index contributed by atoms with van der Waals surface area (Å²) in [5, 5.41) is 14.1. The van der Waals surface area contributed by atoms with E-state index in [9.17, 15) is 19.7 Å². The van der Waals surface area contributed by atoms with E-state index in [1.54, 1.807) is 30.3 Å². The van der Waals surface area contributed by atoms with Crippen molar-refractivity contribution in [2.45, 2.75) is 13.0 Å². The molecule has 0 saturated carbocycles. The molecule has 0 aliphatic rings. The first-order chi connectivity index (χ1) is 12.4. The van der Waals surface area contributed by atoms with Crippen molar-refractivity contribution in [3.8, 4) is 0 Å². The number of para-hydroxylation sites is 1. The van der Waals surface area contributed by atoms with Gasteiger partial charge in [0, 0.05) is 27.9 Å². The number of hydrogen-bond donors (Lipinski definition) is 1. The highest BCUT2D eigenvalue weighted by Crippen LogP contribution is 2.29. The highest BCUT2D eigenvalue weighted by molar-refractivity contribution is 7.20. The van der Waals surface area contributed by atoms with E-state index >= 15 is 0 Å². The number of nitro benzene ring substituents is 1. The minimum absolute atomic E-state index is 0.0502. The zero-order valence-electron chi connectivity index (χ0n) is 13.7. The third-order valence-corrected chi connectivity index (χ3v) is 4.70. The Kier molecular flexibility index (Phi) is 4.94. The van der Waals surface area contributed by atoms with Gasteiger partial charge < -0.3 is 10.1 Å². The van der Waals surface area contributed by atoms with Crippen molar-refractivity contribution in [2.75, 3.05) is 5.32 Å². The van der Waals surface area contributed by atoms with Gasteiger partial charge in [0.2, 0.25) is 0 Å². The van der Waals surface area contributed by atoms with Gasteiger partial charge in [0.25, 0.3) is 11.6 Å². The molecule has 0 spiro atoms. The zero-order valence-corrected chi connectivity index (χ0v) is 14.5. The maximum absolute atomic E-state index is 12.3. The number of ether oxygens (including phenoxy) is 1. The van der Waals surface area contributed by atoms with Crippen molar-refractivity contribution in [3.63, 3.8) is 0 Å². The molecule has 2 aromatic carbocycles. The fraction of sp³-hybridized carbons (Fsp3) is 0.111. The molecule has 0 unspecified atom stereocenters. The van der Waals surface area contributed by atoms with E-state index in [2.05, 4.69) is 5.32 Å². The molecule has 1 N–H and O–H groups in total. The van der Waals surface area contributed by atoms with E-state index in [0.29, 0.717) is 11.1 Å². The number of nitrogens with one attached hydrogen (secondary N) is 1. The molecule has 1 aromatic heterocycles. The van der Waals surface area contributed by atoms with Gasteiger partial charge >= 0.3 is 5.97 Å². The number of carbonyl (C=O) groups is 2. The van der Waals surface area contributed by atoms with E-state index in [0.717, 1.165) is 16.0 Å². The summed E-state index contributed by atoms with van der Waals surface area (Å²) in [4.78, 5) is 35.0. The molecule has 1 heterocycles. The summed E-state index contributed by atoms with van der Waals surface area (Å²) >= 11 is 1.15. The maximum Gasteiger partial charge on any atom is 0.349 e. The third kappa shape index (κ3) is 3.86. The van der Waals surface area contributed by atoms with Crippen LogP contribution in [0.1, 0.15) is 16.6 Å². The third-order valence-electron chi connectivity index (χ3n) is 3.61. The molecule has 7 nitrogen and oxygen atoms in total. The van der Waals surface area contributed by atoms with Gasteiger partial charge in [0.1, 0.15) is 4.88 Å². The summed E-state index contributed by atoms with van der Waals surface area (Å²) in [6.07, 6.45) is -0.984. The molecule has 3 aromatic rings. The van der Waals surface area contributed by atoms with Crippen molar-refractivity contribution in [1.29, 1.82) is 0 Å². The number of rotatable bonds is 5. The molecule has 3 rings (SSSR count). The average Bonchev–Trinajstić information content (AvgIpc) is 3.05. The fourth-order valence-corrected chi connectivity index (χ4v) is 3.21. The Morgan fingerprint density at radius 2 is 1.88 bits per heavy atom. The molecule has 0 fully saturated rings. The summed E-state index contributed by atoms with van der Waals surface area (Å²) in [6.45, 7) is 1.48. The highest BCUT2D eigenvalue weighted by atomic mass is 32.1. The topological polar surface area (TPSA) is 98.5 Å². The van der Waals surface area contributed by atoms with Gasteiger partial charge in [-0.3, -0.25) is 14.9 Å². The van der Waals surface area contributed by atoms with Crippen molar-refractivity contribution < 1.29 is 19.2 Å². The first-order valence-corrected chi connectivity index (χ1v) is 8.50. The number of esters is 1. The summed E-state index contributed by atoms with van der Waals surface area (Å²) in [5.74, 6) is -1.09. The standard InChI is InChI=1S/C18H14N2O5S/c1-11(17(21)19-13-5-3-2-4-6-13)25-18(22)16-10-12-9-14(20(23)24)7-8-15(12)26-16/h2-11H,1H3,(H,19,21)/t11-/m0/s1. The quantitative estimate of drug-likeness (QED) is 0.416. The van der Waals surface area contributed by atoms with Gasteiger partial charge in [-0.1, -0.05) is 18.2 Å². The van der Waals surface area contributed by atoms with E-state index in [1.807, 2.05) is 6.07 Å². The lowest BCUT2D eigenvalue weighted by Crippen LogP contribution is -2.29. The molecule has 0 bridgehead atoms. The summed E-state index contributed by atoms with van der Waals surface area (Å²) < 4.78 is 5.93. The molecule has 8 heteroatoms. The Balaban J connectivity index is 1.70. The number of benzene rings is 2. The van der Waals surface area contributed by atoms with Crippen LogP contribution in [0.25, 0.3) is 10.1 Å². The van der Waals surface area contributed by atoms with Crippen molar-refractivity contribution in [1.82, 2.24) is 0 Å². The molecule has 0 aliphatic carbocycles. The lowest BCUT2D eigenvalue weighted by molar-refractivity contribution is -0.384. The van der Waals surface area contributed by atoms with Gasteiger partial charge in [-0.2, -0.15) is 0 Å². The summed E-state index contributed by atoms with van der Waals surface area (Å²) in [7, 11) is 0. The number of hydrogen-bond acceptors (Lipinski definition) is 6. The van der Waals surface area contributed by atoms with Gasteiger partial charge in [-0.25, -0.2) is 4.79 Å². The van der Waals surface area contributed by atoms with Crippen LogP contribution in [0.4, 0.5) is 11.4 Å². The number of anilines is 1. The van der Waals surface area contributed by atoms with E-state index in [1.165, 1.54) is 25.1 Å². The molecule has 132 valence electrons. The lowest BCUT2D eigenvalue weighted by atomic mass is 10.2. The fourth-order valence-electron chi connectivity index (χ4n) is 2.28. The number of carbonyl (C=O) groups excluding carboxylic acids is 2. The second kappa shape index (κ2) is 7.32. The Hall–Kier alpha value is -3.26. The monoisotopic (exact) mass is 370 g/mol. The molecular formula is C18H14N2O5S. The zero-order chi connectivity index (χ0) is 18.7. The normalized spacial score (nSPS) is 11.7. The van der Waals surface area contributed by atoms with Crippen molar-refractivity contribution in [2.24, 2.45) is 0 Å². The number of nitrogens with zero attached hydrogens (tertiary/aromatic N) is 1. The first kappa shape index (κ1) is 17.6. The van der Waals surface area contributed by atoms with Crippen LogP contribution in [-0.2, 0) is 9.53 Å². The van der Waals surface area contributed by atoms with Crippen LogP contribution in [0.15, 0.2) is 54.6 Å². The van der Waals surface area contributed by atoms with Gasteiger partial charge in [0.05, 0.1) is 4.92 Å². The Labute approximate surface area is 152 Å². The van der Waals surface area contributed by atoms with E-state index in [-0.39, 0.29) is 10.6 Å². The first-order valence-electron chi connectivity index (χ1n) is 7.69. The van der Waals surface area contributed by atoms with Crippen LogP contribution in [0, 0.1) is 10.1 Å². The number of nitro groups is 1. The predicted molar refractivity (Wildman–Crippen MR) is 98.4 cm³/mol. The molecule has 26 heavy (non-hydrogen) atoms. The van der Waals surface area contributed by atoms with Crippen LogP contribution in [0.5, 0.6) is 0 Å². The highest BCUT2D eigenvalue weighted by Gasteiger charge is 2.21. The Morgan fingerprint density at radius 3 is 2.58 bits per heavy atom. The SMILES string of the molecule is C[C@H](OC(=O)c1cc2cc([N+](=O)[O-])ccc2s1)C(=O)Nc1ccccc1. The van der Waals surface area contributed by atoms with Crippen molar-refractivity contribution >= 4 is 44.7 Å². The van der Waals surface area contributed by atoms with Crippen LogP contribution in [-0.4, -0.2) is 22.9 Å². The van der Waals surface area contributed by atoms with Crippen molar-refractivity contribution in [3.05, 3.63) is 69.6 Å². The second-order valence-electron chi connectivity index (χ2n) is 5.49. The maximum atomic E-state index is 12.3. The smallest absolute Gasteiger partial charge is 0.349 e. The van der Waals surface area contributed by atoms with Crippen LogP contribution in [0.3, 0.4) is 0 Å². The Bertz CT molecular complexity index is 984. The predicted octanol–water partition coefficient (Wildman–Crippen LogP) is 3.99. The molecule has 0 aliphatic heterocycles. The van der Waals surface area contributed by atoms with Gasteiger partial charge in [-0.15, -0.1) is 11.3 Å². The van der Waals surface area contributed by atoms with Crippen LogP contribution < -0.4 is 5.32 Å². The molecule has 1 atom stereocenters. The van der Waals surface area contributed by atoms with Crippen LogP contribution >= 0.6 is 11.3 Å². The second-order valence-corrected chi connectivity index (χ2v) is 6.58. The molecular weight excluding hydrogens is 356 g/mol. The summed E-state index contributed by atoms with van der Waals surface area (Å²) in [6, 6.07) is 14.7. The number of thiophene rings is 1. The number of non-ortho nitro benzene ring substituents is 1. The lowest BCUT2D eigenvalue weighted by Gasteiger charge is -2.12. The van der Waals surface area contributed by atoms with Crippen LogP contribution in [0.2, 0.25) is 0 Å². The Morgan fingerprint density at radius 1 is 1.15 bits per heavy atom. The van der Waals surface area contributed by atoms with E-state index < -0.39 is 22.9 Å². The van der Waals surface area contributed by atoms with Gasteiger partial charge in [0.15, 0.2) is 6.10 Å².